The average Bonchev–Trinajstić information content (AvgIpc) is 3.29. The van der Waals surface area contributed by atoms with Crippen molar-refractivity contribution >= 4 is 44.0 Å². The number of nitrogens with zero attached hydrogens (tertiary/aromatic N) is 3. The number of nitro benzene ring substituents is 1. The zero-order chi connectivity index (χ0) is 23.5. The van der Waals surface area contributed by atoms with Crippen LogP contribution in [-0.2, 0) is 0 Å². The quantitative estimate of drug-likeness (QED) is 0.199. The maximum Gasteiger partial charge on any atom is 0.270 e. The van der Waals surface area contributed by atoms with E-state index in [1.165, 1.54) is 34.4 Å². The van der Waals surface area contributed by atoms with E-state index in [0.717, 1.165) is 10.2 Å². The van der Waals surface area contributed by atoms with Gasteiger partial charge in [0.1, 0.15) is 11.5 Å². The fraction of sp³-hybridized carbons (Fsp3) is 0. The summed E-state index contributed by atoms with van der Waals surface area (Å²) in [6.45, 7) is 0. The van der Waals surface area contributed by atoms with Crippen LogP contribution in [0.1, 0.15) is 10.4 Å². The Kier molecular flexibility index (Phi) is 5.72. The molecule has 0 radical (unpaired) electrons. The van der Waals surface area contributed by atoms with Gasteiger partial charge in [0.05, 0.1) is 20.8 Å². The van der Waals surface area contributed by atoms with E-state index in [4.69, 9.17) is 4.74 Å². The zero-order valence-electron chi connectivity index (χ0n) is 17.7. The van der Waals surface area contributed by atoms with Crippen LogP contribution < -0.4 is 9.64 Å². The van der Waals surface area contributed by atoms with Crippen molar-refractivity contribution < 1.29 is 14.5 Å². The minimum atomic E-state index is -0.519. The number of hydrogen-bond acceptors (Lipinski definition) is 6. The highest BCUT2D eigenvalue weighted by molar-refractivity contribution is 7.22. The molecule has 8 heteroatoms. The number of ether oxygens (including phenoxy) is 1. The van der Waals surface area contributed by atoms with Gasteiger partial charge in [-0.1, -0.05) is 47.7 Å². The smallest absolute Gasteiger partial charge is 0.270 e. The molecule has 1 amide bonds. The van der Waals surface area contributed by atoms with Crippen molar-refractivity contribution in [2.24, 2.45) is 0 Å². The third-order valence-electron chi connectivity index (χ3n) is 5.05. The zero-order valence-corrected chi connectivity index (χ0v) is 18.5. The van der Waals surface area contributed by atoms with E-state index in [0.29, 0.717) is 22.3 Å². The number of rotatable bonds is 6. The molecule has 34 heavy (non-hydrogen) atoms. The Morgan fingerprint density at radius 1 is 0.853 bits per heavy atom. The average molecular weight is 468 g/mol. The van der Waals surface area contributed by atoms with Crippen molar-refractivity contribution in [1.82, 2.24) is 4.98 Å². The summed E-state index contributed by atoms with van der Waals surface area (Å²) in [5, 5.41) is 11.7. The van der Waals surface area contributed by atoms with E-state index < -0.39 is 10.8 Å². The summed E-state index contributed by atoms with van der Waals surface area (Å²) >= 11 is 1.37. The summed E-state index contributed by atoms with van der Waals surface area (Å²) in [7, 11) is 0. The van der Waals surface area contributed by atoms with E-state index in [2.05, 4.69) is 4.98 Å². The monoisotopic (exact) mass is 467 g/mol. The van der Waals surface area contributed by atoms with Gasteiger partial charge in [-0.3, -0.25) is 19.8 Å². The molecule has 1 aromatic heterocycles. The predicted octanol–water partition coefficient (Wildman–Crippen LogP) is 6.98. The normalized spacial score (nSPS) is 10.7. The Morgan fingerprint density at radius 2 is 1.56 bits per heavy atom. The van der Waals surface area contributed by atoms with Gasteiger partial charge in [-0.25, -0.2) is 4.98 Å². The number of anilines is 2. The first-order chi connectivity index (χ1) is 16.6. The largest absolute Gasteiger partial charge is 0.457 e. The Hall–Kier alpha value is -4.56. The first kappa shape index (κ1) is 21.3. The highest BCUT2D eigenvalue weighted by Gasteiger charge is 2.24. The minimum Gasteiger partial charge on any atom is -0.457 e. The number of thiazole rings is 1. The number of nitro groups is 1. The number of amides is 1. The Balaban J connectivity index is 1.54. The van der Waals surface area contributed by atoms with Crippen LogP contribution in [0.25, 0.3) is 10.2 Å². The highest BCUT2D eigenvalue weighted by atomic mass is 32.1. The van der Waals surface area contributed by atoms with Crippen LogP contribution in [0.4, 0.5) is 16.5 Å². The number of para-hydroxylation sites is 2. The van der Waals surface area contributed by atoms with Gasteiger partial charge < -0.3 is 4.74 Å². The molecule has 0 aliphatic heterocycles. The fourth-order valence-electron chi connectivity index (χ4n) is 3.44. The number of non-ortho nitro benzene ring substituents is 1. The highest BCUT2D eigenvalue weighted by Crippen LogP contribution is 2.36. The molecule has 0 atom stereocenters. The Labute approximate surface area is 198 Å². The standard InChI is InChI=1S/C26H17N3O4S/c30-25(18-7-6-8-20(17-18)29(31)32)28(26-27-23-11-4-5-12-24(23)34-26)19-13-15-22(16-14-19)33-21-9-2-1-3-10-21/h1-17H. The fourth-order valence-corrected chi connectivity index (χ4v) is 4.42. The van der Waals surface area contributed by atoms with E-state index in [-0.39, 0.29) is 11.3 Å². The van der Waals surface area contributed by atoms with Gasteiger partial charge >= 0.3 is 0 Å². The third-order valence-corrected chi connectivity index (χ3v) is 6.08. The molecule has 166 valence electrons. The van der Waals surface area contributed by atoms with Crippen molar-refractivity contribution in [2.75, 3.05) is 4.90 Å². The molecule has 0 saturated heterocycles. The molecule has 1 heterocycles. The lowest BCUT2D eigenvalue weighted by Crippen LogP contribution is -2.25. The van der Waals surface area contributed by atoms with E-state index in [1.54, 1.807) is 30.3 Å². The molecule has 5 rings (SSSR count). The van der Waals surface area contributed by atoms with Crippen molar-refractivity contribution in [1.29, 1.82) is 0 Å². The molecule has 0 aliphatic rings. The van der Waals surface area contributed by atoms with Crippen LogP contribution >= 0.6 is 11.3 Å². The van der Waals surface area contributed by atoms with Crippen LogP contribution in [0.15, 0.2) is 103 Å². The van der Waals surface area contributed by atoms with Gasteiger partial charge in [0.2, 0.25) is 0 Å². The van der Waals surface area contributed by atoms with Crippen molar-refractivity contribution in [3.05, 3.63) is 119 Å². The molecule has 0 aliphatic carbocycles. The number of hydrogen-bond donors (Lipinski definition) is 0. The van der Waals surface area contributed by atoms with E-state index in [9.17, 15) is 14.9 Å². The molecule has 0 saturated carbocycles. The molecule has 0 N–H and O–H groups in total. The summed E-state index contributed by atoms with van der Waals surface area (Å²) in [5.74, 6) is 0.896. The maximum atomic E-state index is 13.6. The summed E-state index contributed by atoms with van der Waals surface area (Å²) in [6, 6.07) is 29.7. The SMILES string of the molecule is O=C(c1cccc([N+](=O)[O-])c1)N(c1ccc(Oc2ccccc2)cc1)c1nc2ccccc2s1. The van der Waals surface area contributed by atoms with Crippen molar-refractivity contribution in [3.8, 4) is 11.5 Å². The summed E-state index contributed by atoms with van der Waals surface area (Å²) in [4.78, 5) is 30.5. The minimum absolute atomic E-state index is 0.151. The van der Waals surface area contributed by atoms with Crippen LogP contribution in [0.2, 0.25) is 0 Å². The summed E-state index contributed by atoms with van der Waals surface area (Å²) < 4.78 is 6.79. The van der Waals surface area contributed by atoms with Gasteiger partial charge in [0, 0.05) is 17.7 Å². The maximum absolute atomic E-state index is 13.6. The van der Waals surface area contributed by atoms with Gasteiger partial charge in [-0.2, -0.15) is 0 Å². The lowest BCUT2D eigenvalue weighted by Gasteiger charge is -2.20. The van der Waals surface area contributed by atoms with Gasteiger partial charge in [-0.05, 0) is 54.6 Å². The van der Waals surface area contributed by atoms with Gasteiger partial charge in [0.25, 0.3) is 11.6 Å². The lowest BCUT2D eigenvalue weighted by atomic mass is 10.1. The molecule has 0 spiro atoms. The second kappa shape index (κ2) is 9.13. The number of benzene rings is 4. The third kappa shape index (κ3) is 4.35. The Bertz CT molecular complexity index is 1450. The molecule has 5 aromatic rings. The second-order valence-electron chi connectivity index (χ2n) is 7.32. The molecular weight excluding hydrogens is 450 g/mol. The van der Waals surface area contributed by atoms with Crippen LogP contribution in [-0.4, -0.2) is 15.8 Å². The lowest BCUT2D eigenvalue weighted by molar-refractivity contribution is -0.384. The van der Waals surface area contributed by atoms with Gasteiger partial charge in [0.15, 0.2) is 5.13 Å². The summed E-state index contributed by atoms with van der Waals surface area (Å²) in [5.41, 5.74) is 1.37. The topological polar surface area (TPSA) is 85.6 Å². The van der Waals surface area contributed by atoms with Crippen molar-refractivity contribution in [3.63, 3.8) is 0 Å². The number of carbonyl (C=O) groups is 1. The van der Waals surface area contributed by atoms with Crippen LogP contribution in [0.3, 0.4) is 0 Å². The summed E-state index contributed by atoms with van der Waals surface area (Å²) in [6.07, 6.45) is 0. The first-order valence-corrected chi connectivity index (χ1v) is 11.2. The second-order valence-corrected chi connectivity index (χ2v) is 8.33. The van der Waals surface area contributed by atoms with E-state index >= 15 is 0 Å². The van der Waals surface area contributed by atoms with Crippen LogP contribution in [0.5, 0.6) is 11.5 Å². The molecule has 7 nitrogen and oxygen atoms in total. The van der Waals surface area contributed by atoms with Crippen molar-refractivity contribution in [2.45, 2.75) is 0 Å². The Morgan fingerprint density at radius 3 is 2.29 bits per heavy atom. The number of carbonyl (C=O) groups excluding carboxylic acids is 1. The molecular formula is C26H17N3O4S. The molecule has 0 unspecified atom stereocenters. The number of fused-ring (bicyclic) bond motifs is 1. The number of aromatic nitrogens is 1. The first-order valence-electron chi connectivity index (χ1n) is 10.4. The molecule has 0 fully saturated rings. The van der Waals surface area contributed by atoms with Crippen LogP contribution in [0, 0.1) is 10.1 Å². The van der Waals surface area contributed by atoms with Gasteiger partial charge in [-0.15, -0.1) is 0 Å². The predicted molar refractivity (Wildman–Crippen MR) is 132 cm³/mol. The van der Waals surface area contributed by atoms with E-state index in [1.807, 2.05) is 54.6 Å². The molecule has 4 aromatic carbocycles. The molecule has 0 bridgehead atoms.